The lowest BCUT2D eigenvalue weighted by molar-refractivity contribution is -0.803. The molecule has 21 heavy (non-hydrogen) atoms. The molecule has 1 aliphatic carbocycles. The summed E-state index contributed by atoms with van der Waals surface area (Å²) in [6.07, 6.45) is 5.82. The number of guanidine groups is 2. The number of ether oxygens (including phenoxy) is 1. The molecule has 0 atom stereocenters. The molecule has 1 heterocycles. The van der Waals surface area contributed by atoms with Crippen LogP contribution >= 0.6 is 0 Å². The molecule has 0 bridgehead atoms. The summed E-state index contributed by atoms with van der Waals surface area (Å²) in [6.45, 7) is 0. The van der Waals surface area contributed by atoms with Crippen LogP contribution in [0.3, 0.4) is 0 Å². The van der Waals surface area contributed by atoms with Crippen molar-refractivity contribution in [2.45, 2.75) is 37.8 Å². The van der Waals surface area contributed by atoms with Gasteiger partial charge in [-0.15, -0.1) is 0 Å². The van der Waals surface area contributed by atoms with Crippen LogP contribution in [-0.4, -0.2) is 24.7 Å². The molecule has 3 rings (SSSR count). The fraction of sp³-hybridized carbons (Fsp3) is 0.467. The highest BCUT2D eigenvalue weighted by molar-refractivity contribution is 6.01. The first-order chi connectivity index (χ1) is 10.2. The normalized spacial score (nSPS) is 20.2. The number of rotatable bonds is 2. The maximum Gasteiger partial charge on any atom is 0.361 e. The molecule has 2 aliphatic rings. The van der Waals surface area contributed by atoms with Crippen molar-refractivity contribution in [2.75, 3.05) is 12.4 Å². The molecule has 0 amide bonds. The van der Waals surface area contributed by atoms with Crippen molar-refractivity contribution in [2.24, 2.45) is 5.73 Å². The van der Waals surface area contributed by atoms with E-state index in [1.807, 2.05) is 24.3 Å². The van der Waals surface area contributed by atoms with E-state index in [9.17, 15) is 0 Å². The summed E-state index contributed by atoms with van der Waals surface area (Å²) in [6, 6.07) is 7.81. The summed E-state index contributed by atoms with van der Waals surface area (Å²) in [5, 5.41) is 6.44. The van der Waals surface area contributed by atoms with Gasteiger partial charge in [-0.2, -0.15) is 5.32 Å². The van der Waals surface area contributed by atoms with Gasteiger partial charge in [-0.1, -0.05) is 18.6 Å². The van der Waals surface area contributed by atoms with Gasteiger partial charge >= 0.3 is 11.9 Å². The van der Waals surface area contributed by atoms with Gasteiger partial charge in [0.2, 0.25) is 5.66 Å². The summed E-state index contributed by atoms with van der Waals surface area (Å²) in [4.78, 5) is 6.88. The molecule has 6 heteroatoms. The number of para-hydroxylation sites is 2. The summed E-state index contributed by atoms with van der Waals surface area (Å²) in [5.74, 6) is 2.16. The lowest BCUT2D eigenvalue weighted by Crippen LogP contribution is -3.15. The molecule has 0 aromatic heterocycles. The minimum Gasteiger partial charge on any atom is -0.493 e. The Morgan fingerprint density at radius 3 is 2.71 bits per heavy atom. The summed E-state index contributed by atoms with van der Waals surface area (Å²) < 4.78 is 5.37. The van der Waals surface area contributed by atoms with Crippen LogP contribution in [-0.2, 0) is 0 Å². The molecule has 1 fully saturated rings. The van der Waals surface area contributed by atoms with Crippen LogP contribution in [0.25, 0.3) is 0 Å². The van der Waals surface area contributed by atoms with Crippen molar-refractivity contribution >= 4 is 17.6 Å². The Kier molecular flexibility index (Phi) is 3.68. The zero-order valence-corrected chi connectivity index (χ0v) is 12.3. The van der Waals surface area contributed by atoms with Crippen molar-refractivity contribution in [3.63, 3.8) is 0 Å². The van der Waals surface area contributed by atoms with Gasteiger partial charge in [-0.05, 0) is 25.0 Å². The zero-order valence-electron chi connectivity index (χ0n) is 12.3. The Morgan fingerprint density at radius 2 is 1.95 bits per heavy atom. The maximum atomic E-state index is 6.02. The fourth-order valence-corrected chi connectivity index (χ4v) is 3.08. The second kappa shape index (κ2) is 5.63. The quantitative estimate of drug-likeness (QED) is 0.445. The van der Waals surface area contributed by atoms with Crippen molar-refractivity contribution in [3.8, 4) is 5.75 Å². The standard InChI is InChI=1S/C15H21N5O/c1-21-12-8-4-3-7-11(12)17-14-18-13(16)19-15(20-14)9-5-2-6-10-15/h3-4,7-8H,2,5-6,9-10H2,1H3,(H4,16,17,18,19,20)/p+2. The van der Waals surface area contributed by atoms with Gasteiger partial charge in [-0.25, -0.2) is 15.3 Å². The van der Waals surface area contributed by atoms with E-state index in [1.54, 1.807) is 7.11 Å². The Balaban J connectivity index is 1.84. The first kappa shape index (κ1) is 13.7. The fourth-order valence-electron chi connectivity index (χ4n) is 3.08. The van der Waals surface area contributed by atoms with Crippen LogP contribution in [0.4, 0.5) is 5.69 Å². The molecule has 1 aromatic carbocycles. The van der Waals surface area contributed by atoms with Crippen molar-refractivity contribution in [1.82, 2.24) is 5.32 Å². The number of hydrogen-bond acceptors (Lipinski definition) is 4. The summed E-state index contributed by atoms with van der Waals surface area (Å²) in [5.41, 5.74) is 6.78. The van der Waals surface area contributed by atoms with Crippen molar-refractivity contribution in [1.29, 1.82) is 0 Å². The lowest BCUT2D eigenvalue weighted by Gasteiger charge is -2.30. The van der Waals surface area contributed by atoms with E-state index in [0.29, 0.717) is 5.96 Å². The second-order valence-corrected chi connectivity index (χ2v) is 5.63. The molecule has 1 aromatic rings. The molecule has 6 nitrogen and oxygen atoms in total. The minimum absolute atomic E-state index is 0.141. The number of hydrogen-bond donors (Lipinski definition) is 5. The predicted octanol–water partition coefficient (Wildman–Crippen LogP) is -1.80. The van der Waals surface area contributed by atoms with Gasteiger partial charge in [0.05, 0.1) is 7.11 Å². The number of anilines is 1. The number of benzene rings is 1. The summed E-state index contributed by atoms with van der Waals surface area (Å²) >= 11 is 0. The van der Waals surface area contributed by atoms with E-state index < -0.39 is 0 Å². The highest BCUT2D eigenvalue weighted by atomic mass is 16.5. The van der Waals surface area contributed by atoms with Gasteiger partial charge in [0.15, 0.2) is 5.75 Å². The average molecular weight is 289 g/mol. The SMILES string of the molecule is COc1ccccc1NC1=[NH+]C2(CCCCC2)[NH+]=C(N)N1. The van der Waals surface area contributed by atoms with E-state index in [1.165, 1.54) is 19.3 Å². The van der Waals surface area contributed by atoms with E-state index >= 15 is 0 Å². The topological polar surface area (TPSA) is 87.2 Å². The second-order valence-electron chi connectivity index (χ2n) is 5.63. The van der Waals surface area contributed by atoms with Crippen LogP contribution in [0.5, 0.6) is 5.75 Å². The Hall–Kier alpha value is -2.24. The highest BCUT2D eigenvalue weighted by Gasteiger charge is 2.38. The molecular weight excluding hydrogens is 266 g/mol. The first-order valence-electron chi connectivity index (χ1n) is 7.44. The first-order valence-corrected chi connectivity index (χ1v) is 7.44. The minimum atomic E-state index is -0.141. The third-order valence-electron chi connectivity index (χ3n) is 4.07. The lowest BCUT2D eigenvalue weighted by atomic mass is 9.90. The molecule has 112 valence electrons. The van der Waals surface area contributed by atoms with Gasteiger partial charge in [0.25, 0.3) is 0 Å². The molecule has 6 N–H and O–H groups in total. The number of methoxy groups -OCH3 is 1. The Bertz CT molecular complexity index is 575. The molecule has 1 aliphatic heterocycles. The molecule has 0 saturated heterocycles. The van der Waals surface area contributed by atoms with Gasteiger partial charge in [0.1, 0.15) is 5.69 Å². The molecule has 0 radical (unpaired) electrons. The van der Waals surface area contributed by atoms with Gasteiger partial charge in [0, 0.05) is 12.8 Å². The molecule has 1 saturated carbocycles. The summed E-state index contributed by atoms with van der Waals surface area (Å²) in [7, 11) is 1.66. The van der Waals surface area contributed by atoms with E-state index in [4.69, 9.17) is 10.5 Å². The average Bonchev–Trinajstić information content (AvgIpc) is 2.47. The monoisotopic (exact) mass is 289 g/mol. The molecular formula is C15H23N5O+2. The predicted molar refractivity (Wildman–Crippen MR) is 81.7 cm³/mol. The third kappa shape index (κ3) is 2.94. The van der Waals surface area contributed by atoms with Crippen LogP contribution in [0.2, 0.25) is 0 Å². The van der Waals surface area contributed by atoms with Crippen LogP contribution in [0, 0.1) is 0 Å². The van der Waals surface area contributed by atoms with Crippen molar-refractivity contribution < 1.29 is 14.7 Å². The van der Waals surface area contributed by atoms with Crippen LogP contribution in [0.1, 0.15) is 32.1 Å². The van der Waals surface area contributed by atoms with Crippen LogP contribution < -0.4 is 31.1 Å². The molecule has 1 spiro atoms. The number of nitrogens with two attached hydrogens (primary N) is 1. The van der Waals surface area contributed by atoms with E-state index in [2.05, 4.69) is 20.6 Å². The third-order valence-corrected chi connectivity index (χ3v) is 4.07. The number of nitrogens with one attached hydrogen (secondary N) is 4. The van der Waals surface area contributed by atoms with Gasteiger partial charge < -0.3 is 4.74 Å². The van der Waals surface area contributed by atoms with Crippen molar-refractivity contribution in [3.05, 3.63) is 24.3 Å². The highest BCUT2D eigenvalue weighted by Crippen LogP contribution is 2.23. The molecule has 0 unspecified atom stereocenters. The maximum absolute atomic E-state index is 6.02. The Morgan fingerprint density at radius 1 is 1.19 bits per heavy atom. The van der Waals surface area contributed by atoms with E-state index in [-0.39, 0.29) is 5.66 Å². The smallest absolute Gasteiger partial charge is 0.361 e. The van der Waals surface area contributed by atoms with Gasteiger partial charge in [-0.3, -0.25) is 5.73 Å². The zero-order chi connectivity index (χ0) is 14.7. The van der Waals surface area contributed by atoms with Crippen LogP contribution in [0.15, 0.2) is 24.3 Å². The van der Waals surface area contributed by atoms with E-state index in [0.717, 1.165) is 30.2 Å². The largest absolute Gasteiger partial charge is 0.493 e. The Labute approximate surface area is 124 Å².